The quantitative estimate of drug-likeness (QED) is 0.637. The highest BCUT2D eigenvalue weighted by atomic mass is 32.1. The number of hydrogen-bond donors (Lipinski definition) is 2. The zero-order chi connectivity index (χ0) is 20.2. The molecular weight excluding hydrogens is 386 g/mol. The van der Waals surface area contributed by atoms with Crippen molar-refractivity contribution in [2.24, 2.45) is 5.92 Å². The summed E-state index contributed by atoms with van der Waals surface area (Å²) in [5, 5.41) is 9.66. The summed E-state index contributed by atoms with van der Waals surface area (Å²) in [7, 11) is 0. The van der Waals surface area contributed by atoms with E-state index in [1.165, 1.54) is 17.2 Å². The van der Waals surface area contributed by atoms with Crippen LogP contribution in [0.25, 0.3) is 16.5 Å². The molecular formula is C21H25N5O2S. The lowest BCUT2D eigenvalue weighted by Crippen LogP contribution is -2.26. The van der Waals surface area contributed by atoms with Gasteiger partial charge in [0, 0.05) is 23.7 Å². The predicted molar refractivity (Wildman–Crippen MR) is 114 cm³/mol. The van der Waals surface area contributed by atoms with Crippen molar-refractivity contribution in [3.63, 3.8) is 0 Å². The standard InChI is InChI=1S/C21H25N5O2S/c1-2-7-15-12-19(27)24-21(22-15)26-18(13-16(25-26)17-10-6-11-29-17)23-20(28)14-8-4-3-5-9-14/h6,10-14H,2-5,7-9H2,1H3,(H,23,28)(H,22,24,27). The first-order valence-electron chi connectivity index (χ1n) is 10.2. The Bertz CT molecular complexity index is 1030. The van der Waals surface area contributed by atoms with Gasteiger partial charge in [0.2, 0.25) is 11.9 Å². The molecule has 7 nitrogen and oxygen atoms in total. The van der Waals surface area contributed by atoms with Gasteiger partial charge >= 0.3 is 0 Å². The number of anilines is 1. The van der Waals surface area contributed by atoms with Gasteiger partial charge in [-0.15, -0.1) is 11.3 Å². The first-order chi connectivity index (χ1) is 14.1. The summed E-state index contributed by atoms with van der Waals surface area (Å²) < 4.78 is 1.54. The van der Waals surface area contributed by atoms with Crippen LogP contribution in [0.15, 0.2) is 34.4 Å². The number of carbonyl (C=O) groups excluding carboxylic acids is 1. The van der Waals surface area contributed by atoms with Gasteiger partial charge in [-0.1, -0.05) is 38.7 Å². The van der Waals surface area contributed by atoms with Crippen molar-refractivity contribution in [2.75, 3.05) is 5.32 Å². The van der Waals surface area contributed by atoms with Crippen molar-refractivity contribution in [3.05, 3.63) is 45.7 Å². The number of aromatic nitrogens is 4. The van der Waals surface area contributed by atoms with Crippen molar-refractivity contribution in [1.82, 2.24) is 19.7 Å². The maximum atomic E-state index is 12.8. The Balaban J connectivity index is 1.72. The second-order valence-electron chi connectivity index (χ2n) is 7.44. The number of nitrogens with zero attached hydrogens (tertiary/aromatic N) is 3. The average Bonchev–Trinajstić information content (AvgIpc) is 3.38. The minimum Gasteiger partial charge on any atom is -0.310 e. The summed E-state index contributed by atoms with van der Waals surface area (Å²) in [6.07, 6.45) is 6.80. The number of nitrogens with one attached hydrogen (secondary N) is 2. The van der Waals surface area contributed by atoms with Gasteiger partial charge in [-0.05, 0) is 30.7 Å². The lowest BCUT2D eigenvalue weighted by Gasteiger charge is -2.20. The Morgan fingerprint density at radius 3 is 2.86 bits per heavy atom. The molecule has 0 spiro atoms. The average molecular weight is 412 g/mol. The van der Waals surface area contributed by atoms with Gasteiger partial charge in [-0.25, -0.2) is 4.98 Å². The molecule has 1 saturated carbocycles. The molecule has 3 heterocycles. The van der Waals surface area contributed by atoms with E-state index in [0.717, 1.165) is 42.7 Å². The smallest absolute Gasteiger partial charge is 0.252 e. The van der Waals surface area contributed by atoms with Crippen LogP contribution in [0.4, 0.5) is 5.82 Å². The van der Waals surface area contributed by atoms with E-state index in [-0.39, 0.29) is 17.4 Å². The lowest BCUT2D eigenvalue weighted by molar-refractivity contribution is -0.120. The molecule has 1 amide bonds. The van der Waals surface area contributed by atoms with Crippen molar-refractivity contribution in [3.8, 4) is 16.5 Å². The molecule has 1 aliphatic rings. The molecule has 3 aromatic rings. The van der Waals surface area contributed by atoms with Gasteiger partial charge in [-0.3, -0.25) is 14.6 Å². The third-order valence-electron chi connectivity index (χ3n) is 5.20. The molecule has 4 rings (SSSR count). The van der Waals surface area contributed by atoms with Gasteiger partial charge < -0.3 is 5.32 Å². The van der Waals surface area contributed by atoms with Crippen LogP contribution in [0.1, 0.15) is 51.1 Å². The predicted octanol–water partition coefficient (Wildman–Crippen LogP) is 4.16. The number of H-pyrrole nitrogens is 1. The normalized spacial score (nSPS) is 14.8. The van der Waals surface area contributed by atoms with Gasteiger partial charge in [0.25, 0.3) is 5.56 Å². The maximum absolute atomic E-state index is 12.8. The zero-order valence-corrected chi connectivity index (χ0v) is 17.3. The van der Waals surface area contributed by atoms with Crippen molar-refractivity contribution in [1.29, 1.82) is 0 Å². The topological polar surface area (TPSA) is 92.7 Å². The molecule has 8 heteroatoms. The number of carbonyl (C=O) groups is 1. The van der Waals surface area contributed by atoms with E-state index >= 15 is 0 Å². The first-order valence-corrected chi connectivity index (χ1v) is 11.1. The minimum absolute atomic E-state index is 0.00985. The molecule has 3 aromatic heterocycles. The molecule has 0 saturated heterocycles. The van der Waals surface area contributed by atoms with Crippen molar-refractivity contribution < 1.29 is 4.79 Å². The van der Waals surface area contributed by atoms with E-state index in [2.05, 4.69) is 20.4 Å². The van der Waals surface area contributed by atoms with E-state index in [9.17, 15) is 9.59 Å². The van der Waals surface area contributed by atoms with Crippen LogP contribution in [0.3, 0.4) is 0 Å². The SMILES string of the molecule is CCCc1cc(=O)[nH]c(-n2nc(-c3cccs3)cc2NC(=O)C2CCCCC2)n1. The molecule has 0 bridgehead atoms. The minimum atomic E-state index is -0.226. The highest BCUT2D eigenvalue weighted by Crippen LogP contribution is 2.29. The fourth-order valence-corrected chi connectivity index (χ4v) is 4.43. The van der Waals surface area contributed by atoms with E-state index in [4.69, 9.17) is 0 Å². The molecule has 0 aromatic carbocycles. The maximum Gasteiger partial charge on any atom is 0.252 e. The molecule has 2 N–H and O–H groups in total. The molecule has 0 radical (unpaired) electrons. The number of amides is 1. The van der Waals surface area contributed by atoms with Gasteiger partial charge in [0.15, 0.2) is 0 Å². The Labute approximate surface area is 173 Å². The molecule has 1 fully saturated rings. The van der Waals surface area contributed by atoms with Crippen LogP contribution in [-0.2, 0) is 11.2 Å². The van der Waals surface area contributed by atoms with E-state index < -0.39 is 0 Å². The Kier molecular flexibility index (Phi) is 5.89. The van der Waals surface area contributed by atoms with Crippen LogP contribution in [0.2, 0.25) is 0 Å². The van der Waals surface area contributed by atoms with Crippen molar-refractivity contribution >= 4 is 23.1 Å². The Hall–Kier alpha value is -2.74. The lowest BCUT2D eigenvalue weighted by atomic mass is 9.89. The van der Waals surface area contributed by atoms with Crippen LogP contribution in [-0.4, -0.2) is 25.7 Å². The molecule has 0 unspecified atom stereocenters. The van der Waals surface area contributed by atoms with Gasteiger partial charge in [-0.2, -0.15) is 9.78 Å². The fourth-order valence-electron chi connectivity index (χ4n) is 3.75. The van der Waals surface area contributed by atoms with E-state index in [1.54, 1.807) is 11.3 Å². The summed E-state index contributed by atoms with van der Waals surface area (Å²) in [4.78, 5) is 33.3. The third-order valence-corrected chi connectivity index (χ3v) is 6.09. The van der Waals surface area contributed by atoms with Crippen LogP contribution in [0, 0.1) is 5.92 Å². The largest absolute Gasteiger partial charge is 0.310 e. The summed E-state index contributed by atoms with van der Waals surface area (Å²) in [6.45, 7) is 2.04. The second-order valence-corrected chi connectivity index (χ2v) is 8.39. The summed E-state index contributed by atoms with van der Waals surface area (Å²) in [6, 6.07) is 7.30. The van der Waals surface area contributed by atoms with Crippen LogP contribution < -0.4 is 10.9 Å². The van der Waals surface area contributed by atoms with Gasteiger partial charge in [0.1, 0.15) is 11.5 Å². The van der Waals surface area contributed by atoms with Crippen LogP contribution >= 0.6 is 11.3 Å². The number of thiophene rings is 1. The molecule has 0 atom stereocenters. The third kappa shape index (κ3) is 4.48. The second kappa shape index (κ2) is 8.73. The number of hydrogen-bond acceptors (Lipinski definition) is 5. The summed E-state index contributed by atoms with van der Waals surface area (Å²) >= 11 is 1.57. The molecule has 0 aliphatic heterocycles. The number of aromatic amines is 1. The summed E-state index contributed by atoms with van der Waals surface area (Å²) in [5.74, 6) is 0.884. The number of rotatable bonds is 6. The van der Waals surface area contributed by atoms with Crippen LogP contribution in [0.5, 0.6) is 0 Å². The van der Waals surface area contributed by atoms with Crippen molar-refractivity contribution in [2.45, 2.75) is 51.9 Å². The van der Waals surface area contributed by atoms with Gasteiger partial charge in [0.05, 0.1) is 4.88 Å². The monoisotopic (exact) mass is 411 g/mol. The van der Waals surface area contributed by atoms with E-state index in [0.29, 0.717) is 23.9 Å². The molecule has 29 heavy (non-hydrogen) atoms. The highest BCUT2D eigenvalue weighted by molar-refractivity contribution is 7.13. The molecule has 152 valence electrons. The zero-order valence-electron chi connectivity index (χ0n) is 16.5. The van der Waals surface area contributed by atoms with E-state index in [1.807, 2.05) is 30.5 Å². The Morgan fingerprint density at radius 2 is 2.14 bits per heavy atom. The fraction of sp³-hybridized carbons (Fsp3) is 0.429. The highest BCUT2D eigenvalue weighted by Gasteiger charge is 2.23. The number of aryl methyl sites for hydroxylation is 1. The first kappa shape index (κ1) is 19.6. The summed E-state index contributed by atoms with van der Waals surface area (Å²) in [5.41, 5.74) is 1.22. The Morgan fingerprint density at radius 1 is 1.31 bits per heavy atom. The molecule has 1 aliphatic carbocycles.